The third-order valence-corrected chi connectivity index (χ3v) is 7.64. The Labute approximate surface area is 184 Å². The van der Waals surface area contributed by atoms with Crippen molar-refractivity contribution in [3.8, 4) is 0 Å². The average molecular weight is 434 g/mol. The molecule has 1 aromatic heterocycles. The van der Waals surface area contributed by atoms with Crippen LogP contribution in [0.4, 0.5) is 0 Å². The SMILES string of the molecule is S=C(NC1CCCCC1)N[C@H]1CO[C@H]2[C@@H]1OC[C@@H]2n1cc(CC2CCCCC2)nn1. The summed E-state index contributed by atoms with van der Waals surface area (Å²) in [7, 11) is 0. The highest BCUT2D eigenvalue weighted by molar-refractivity contribution is 7.80. The predicted molar refractivity (Wildman–Crippen MR) is 118 cm³/mol. The van der Waals surface area contributed by atoms with Gasteiger partial charge in [-0.15, -0.1) is 5.10 Å². The van der Waals surface area contributed by atoms with E-state index in [2.05, 4.69) is 27.1 Å². The Balaban J connectivity index is 1.14. The van der Waals surface area contributed by atoms with E-state index in [0.29, 0.717) is 19.3 Å². The molecule has 2 N–H and O–H groups in total. The second-order valence-electron chi connectivity index (χ2n) is 9.62. The molecule has 0 amide bonds. The summed E-state index contributed by atoms with van der Waals surface area (Å²) >= 11 is 5.57. The molecule has 0 aromatic carbocycles. The summed E-state index contributed by atoms with van der Waals surface area (Å²) in [6.07, 6.45) is 16.3. The zero-order chi connectivity index (χ0) is 20.3. The van der Waals surface area contributed by atoms with Crippen molar-refractivity contribution in [2.45, 2.75) is 101 Å². The van der Waals surface area contributed by atoms with Gasteiger partial charge in [-0.1, -0.05) is 56.6 Å². The highest BCUT2D eigenvalue weighted by atomic mass is 32.1. The molecule has 0 radical (unpaired) electrons. The number of aromatic nitrogens is 3. The molecule has 166 valence electrons. The fourth-order valence-electron chi connectivity index (χ4n) is 5.73. The maximum Gasteiger partial charge on any atom is 0.166 e. The van der Waals surface area contributed by atoms with E-state index in [1.807, 2.05) is 4.68 Å². The maximum atomic E-state index is 6.14. The number of thiocarbonyl (C=S) groups is 1. The molecule has 0 bridgehead atoms. The van der Waals surface area contributed by atoms with E-state index >= 15 is 0 Å². The van der Waals surface area contributed by atoms with Gasteiger partial charge in [0.25, 0.3) is 0 Å². The van der Waals surface area contributed by atoms with E-state index in [9.17, 15) is 0 Å². The molecule has 2 saturated heterocycles. The van der Waals surface area contributed by atoms with Gasteiger partial charge in [-0.2, -0.15) is 0 Å². The zero-order valence-corrected chi connectivity index (χ0v) is 18.6. The van der Waals surface area contributed by atoms with Gasteiger partial charge >= 0.3 is 0 Å². The van der Waals surface area contributed by atoms with E-state index in [-0.39, 0.29) is 24.3 Å². The van der Waals surface area contributed by atoms with Crippen LogP contribution < -0.4 is 10.6 Å². The largest absolute Gasteiger partial charge is 0.371 e. The third kappa shape index (κ3) is 4.65. The Morgan fingerprint density at radius 1 is 0.967 bits per heavy atom. The Bertz CT molecular complexity index is 716. The van der Waals surface area contributed by atoms with E-state index in [1.165, 1.54) is 64.2 Å². The van der Waals surface area contributed by atoms with Gasteiger partial charge in [-0.05, 0) is 37.4 Å². The van der Waals surface area contributed by atoms with Gasteiger partial charge in [0, 0.05) is 12.2 Å². The first-order valence-electron chi connectivity index (χ1n) is 12.0. The standard InChI is InChI=1S/C22H35N5O2S/c30-22(23-16-9-5-2-6-10-16)24-18-13-28-21-19(14-29-20(18)21)27-12-17(25-26-27)11-15-7-3-1-4-8-15/h12,15-16,18-21H,1-11,13-14H2,(H2,23,24,30)/t18-,19-,20+,21+/m0/s1. The van der Waals surface area contributed by atoms with Crippen LogP contribution in [0.15, 0.2) is 6.20 Å². The normalized spacial score (nSPS) is 32.8. The summed E-state index contributed by atoms with van der Waals surface area (Å²) in [6, 6.07) is 0.690. The Morgan fingerprint density at radius 2 is 1.70 bits per heavy atom. The number of rotatable bonds is 5. The van der Waals surface area contributed by atoms with E-state index in [0.717, 1.165) is 23.1 Å². The maximum absolute atomic E-state index is 6.14. The van der Waals surface area contributed by atoms with Gasteiger partial charge in [0.15, 0.2) is 5.11 Å². The highest BCUT2D eigenvalue weighted by Crippen LogP contribution is 2.34. The lowest BCUT2D eigenvalue weighted by Gasteiger charge is -2.26. The van der Waals surface area contributed by atoms with E-state index in [4.69, 9.17) is 21.7 Å². The molecule has 5 rings (SSSR count). The van der Waals surface area contributed by atoms with Crippen molar-refractivity contribution in [2.75, 3.05) is 13.2 Å². The molecular weight excluding hydrogens is 398 g/mol. The molecule has 1 aromatic rings. The van der Waals surface area contributed by atoms with Crippen molar-refractivity contribution in [3.63, 3.8) is 0 Å². The van der Waals surface area contributed by atoms with Crippen LogP contribution in [0.2, 0.25) is 0 Å². The van der Waals surface area contributed by atoms with Gasteiger partial charge in [-0.25, -0.2) is 4.68 Å². The summed E-state index contributed by atoms with van der Waals surface area (Å²) in [4.78, 5) is 0. The molecular formula is C22H35N5O2S. The van der Waals surface area contributed by atoms with Crippen LogP contribution in [0.3, 0.4) is 0 Å². The van der Waals surface area contributed by atoms with Crippen molar-refractivity contribution in [2.24, 2.45) is 5.92 Å². The highest BCUT2D eigenvalue weighted by Gasteiger charge is 2.49. The van der Waals surface area contributed by atoms with Crippen LogP contribution in [0, 0.1) is 5.92 Å². The number of nitrogens with one attached hydrogen (secondary N) is 2. The van der Waals surface area contributed by atoms with Gasteiger partial charge < -0.3 is 20.1 Å². The molecule has 2 saturated carbocycles. The number of hydrogen-bond donors (Lipinski definition) is 2. The third-order valence-electron chi connectivity index (χ3n) is 7.40. The Hall–Kier alpha value is -1.25. The second-order valence-corrected chi connectivity index (χ2v) is 10.0. The Morgan fingerprint density at radius 3 is 2.50 bits per heavy atom. The molecule has 0 spiro atoms. The number of fused-ring (bicyclic) bond motifs is 1. The molecule has 30 heavy (non-hydrogen) atoms. The average Bonchev–Trinajstić information content (AvgIpc) is 3.47. The minimum Gasteiger partial charge on any atom is -0.371 e. The zero-order valence-electron chi connectivity index (χ0n) is 17.8. The molecule has 2 aliphatic carbocycles. The van der Waals surface area contributed by atoms with E-state index in [1.54, 1.807) is 0 Å². The monoisotopic (exact) mass is 433 g/mol. The molecule has 4 aliphatic rings. The quantitative estimate of drug-likeness (QED) is 0.692. The van der Waals surface area contributed by atoms with E-state index < -0.39 is 0 Å². The number of nitrogens with zero attached hydrogens (tertiary/aromatic N) is 3. The van der Waals surface area contributed by atoms with Crippen molar-refractivity contribution in [1.29, 1.82) is 0 Å². The lowest BCUT2D eigenvalue weighted by Crippen LogP contribution is -2.50. The van der Waals surface area contributed by atoms with Crippen LogP contribution >= 0.6 is 12.2 Å². The van der Waals surface area contributed by atoms with Crippen LogP contribution in [-0.4, -0.2) is 57.6 Å². The molecule has 2 aliphatic heterocycles. The molecule has 4 atom stereocenters. The first-order chi connectivity index (χ1) is 14.8. The first-order valence-corrected chi connectivity index (χ1v) is 12.4. The Kier molecular flexibility index (Phi) is 6.53. The predicted octanol–water partition coefficient (Wildman–Crippen LogP) is 2.91. The molecule has 4 fully saturated rings. The lowest BCUT2D eigenvalue weighted by atomic mass is 9.86. The van der Waals surface area contributed by atoms with Gasteiger partial charge in [-0.3, -0.25) is 0 Å². The van der Waals surface area contributed by atoms with Gasteiger partial charge in [0.1, 0.15) is 18.2 Å². The fourth-order valence-corrected chi connectivity index (χ4v) is 6.05. The molecule has 8 heteroatoms. The summed E-state index contributed by atoms with van der Waals surface area (Å²) in [6.45, 7) is 1.23. The summed E-state index contributed by atoms with van der Waals surface area (Å²) in [5, 5.41) is 16.6. The van der Waals surface area contributed by atoms with Gasteiger partial charge in [0.2, 0.25) is 0 Å². The number of hydrogen-bond acceptors (Lipinski definition) is 5. The fraction of sp³-hybridized carbons (Fsp3) is 0.864. The summed E-state index contributed by atoms with van der Waals surface area (Å²) < 4.78 is 14.3. The lowest BCUT2D eigenvalue weighted by molar-refractivity contribution is 0.0624. The second kappa shape index (κ2) is 9.49. The van der Waals surface area contributed by atoms with Crippen molar-refractivity contribution >= 4 is 17.3 Å². The summed E-state index contributed by atoms with van der Waals surface area (Å²) in [5.74, 6) is 0.769. The molecule has 0 unspecified atom stereocenters. The molecule has 7 nitrogen and oxygen atoms in total. The van der Waals surface area contributed by atoms with Crippen molar-refractivity contribution in [1.82, 2.24) is 25.6 Å². The first kappa shape index (κ1) is 20.6. The van der Waals surface area contributed by atoms with Crippen LogP contribution in [0.5, 0.6) is 0 Å². The minimum atomic E-state index is 0.00390. The van der Waals surface area contributed by atoms with Gasteiger partial charge in [0.05, 0.1) is 24.9 Å². The van der Waals surface area contributed by atoms with Crippen LogP contribution in [0.1, 0.15) is 75.9 Å². The van der Waals surface area contributed by atoms with Crippen molar-refractivity contribution < 1.29 is 9.47 Å². The molecule has 3 heterocycles. The number of ether oxygens (including phenoxy) is 2. The summed E-state index contributed by atoms with van der Waals surface area (Å²) in [5.41, 5.74) is 1.11. The smallest absolute Gasteiger partial charge is 0.166 e. The topological polar surface area (TPSA) is 73.2 Å². The van der Waals surface area contributed by atoms with Crippen LogP contribution in [0.25, 0.3) is 0 Å². The van der Waals surface area contributed by atoms with Crippen molar-refractivity contribution in [3.05, 3.63) is 11.9 Å². The minimum absolute atomic E-state index is 0.00390. The van der Waals surface area contributed by atoms with Crippen LogP contribution in [-0.2, 0) is 15.9 Å².